The highest BCUT2D eigenvalue weighted by molar-refractivity contribution is 5.87. The van der Waals surface area contributed by atoms with Crippen LogP contribution in [0.3, 0.4) is 0 Å². The Morgan fingerprint density at radius 2 is 1.62 bits per heavy atom. The predicted octanol–water partition coefficient (Wildman–Crippen LogP) is 4.20. The van der Waals surface area contributed by atoms with Crippen molar-refractivity contribution < 1.29 is 18.0 Å². The van der Waals surface area contributed by atoms with Crippen molar-refractivity contribution in [1.29, 1.82) is 5.26 Å². The average molecular weight is 401 g/mol. The summed E-state index contributed by atoms with van der Waals surface area (Å²) < 4.78 is 39.7. The van der Waals surface area contributed by atoms with Gasteiger partial charge < -0.3 is 9.80 Å². The fraction of sp³-hybridized carbons (Fsp3) is 0.364. The minimum Gasteiger partial charge on any atom is -0.368 e. The zero-order valence-corrected chi connectivity index (χ0v) is 16.3. The van der Waals surface area contributed by atoms with Crippen molar-refractivity contribution in [2.75, 3.05) is 31.1 Å². The molecule has 0 saturated carbocycles. The smallest absolute Gasteiger partial charge is 0.368 e. The maximum absolute atomic E-state index is 13.2. The molecule has 1 heterocycles. The van der Waals surface area contributed by atoms with Crippen molar-refractivity contribution in [3.63, 3.8) is 0 Å². The topological polar surface area (TPSA) is 47.3 Å². The van der Waals surface area contributed by atoms with E-state index in [2.05, 4.69) is 0 Å². The predicted molar refractivity (Wildman–Crippen MR) is 104 cm³/mol. The number of hydrogen-bond acceptors (Lipinski definition) is 3. The zero-order valence-electron chi connectivity index (χ0n) is 16.3. The summed E-state index contributed by atoms with van der Waals surface area (Å²) in [4.78, 5) is 16.6. The molecule has 1 saturated heterocycles. The standard InChI is InChI=1S/C22H22F3N3O/c1-21(2,17-6-4-3-5-7-17)20(29)28-12-10-27(11-13-28)18-9-8-16(15-26)19(14-18)22(23,24)25/h3-9,14H,10-13H2,1-2H3. The molecule has 2 aromatic carbocycles. The van der Waals surface area contributed by atoms with Crippen molar-refractivity contribution in [3.05, 3.63) is 65.2 Å². The molecular formula is C22H22F3N3O. The highest BCUT2D eigenvalue weighted by Gasteiger charge is 2.36. The summed E-state index contributed by atoms with van der Waals surface area (Å²) in [6.07, 6.45) is -4.58. The third-order valence-electron chi connectivity index (χ3n) is 5.39. The number of benzene rings is 2. The largest absolute Gasteiger partial charge is 0.417 e. The van der Waals surface area contributed by atoms with Crippen LogP contribution in [0.25, 0.3) is 0 Å². The Bertz CT molecular complexity index is 925. The van der Waals surface area contributed by atoms with Gasteiger partial charge >= 0.3 is 6.18 Å². The molecule has 4 nitrogen and oxygen atoms in total. The highest BCUT2D eigenvalue weighted by Crippen LogP contribution is 2.35. The number of carbonyl (C=O) groups is 1. The number of hydrogen-bond donors (Lipinski definition) is 0. The maximum atomic E-state index is 13.2. The highest BCUT2D eigenvalue weighted by atomic mass is 19.4. The first-order valence-corrected chi connectivity index (χ1v) is 9.36. The lowest BCUT2D eigenvalue weighted by atomic mass is 9.83. The lowest BCUT2D eigenvalue weighted by Crippen LogP contribution is -2.53. The first-order valence-electron chi connectivity index (χ1n) is 9.36. The van der Waals surface area contributed by atoms with Crippen LogP contribution in [0.1, 0.15) is 30.5 Å². The lowest BCUT2D eigenvalue weighted by Gasteiger charge is -2.39. The van der Waals surface area contributed by atoms with Crippen molar-refractivity contribution >= 4 is 11.6 Å². The van der Waals surface area contributed by atoms with Gasteiger partial charge in [0.15, 0.2) is 0 Å². The first-order chi connectivity index (χ1) is 13.6. The van der Waals surface area contributed by atoms with Crippen LogP contribution >= 0.6 is 0 Å². The Balaban J connectivity index is 1.73. The molecule has 1 fully saturated rings. The monoisotopic (exact) mass is 401 g/mol. The van der Waals surface area contributed by atoms with Gasteiger partial charge in [0, 0.05) is 31.9 Å². The summed E-state index contributed by atoms with van der Waals surface area (Å²) in [6, 6.07) is 14.9. The van der Waals surface area contributed by atoms with Gasteiger partial charge in [-0.2, -0.15) is 18.4 Å². The van der Waals surface area contributed by atoms with Gasteiger partial charge in [0.25, 0.3) is 0 Å². The van der Waals surface area contributed by atoms with Crippen LogP contribution in [0.2, 0.25) is 0 Å². The van der Waals surface area contributed by atoms with Crippen molar-refractivity contribution in [2.45, 2.75) is 25.4 Å². The van der Waals surface area contributed by atoms with Crippen LogP contribution in [0.5, 0.6) is 0 Å². The molecule has 0 aromatic heterocycles. The quantitative estimate of drug-likeness (QED) is 0.774. The number of carbonyl (C=O) groups excluding carboxylic acids is 1. The molecule has 2 aromatic rings. The van der Waals surface area contributed by atoms with Gasteiger partial charge in [-0.3, -0.25) is 4.79 Å². The number of alkyl halides is 3. The lowest BCUT2D eigenvalue weighted by molar-refractivity contribution is -0.138. The SMILES string of the molecule is CC(C)(C(=O)N1CCN(c2ccc(C#N)c(C(F)(F)F)c2)CC1)c1ccccc1. The Morgan fingerprint density at radius 1 is 1.00 bits per heavy atom. The third-order valence-corrected chi connectivity index (χ3v) is 5.39. The summed E-state index contributed by atoms with van der Waals surface area (Å²) in [5, 5.41) is 8.94. The second-order valence-corrected chi connectivity index (χ2v) is 7.61. The van der Waals surface area contributed by atoms with E-state index in [0.29, 0.717) is 31.9 Å². The fourth-order valence-corrected chi connectivity index (χ4v) is 3.60. The van der Waals surface area contributed by atoms with E-state index in [9.17, 15) is 18.0 Å². The van der Waals surface area contributed by atoms with Gasteiger partial charge in [0.2, 0.25) is 5.91 Å². The van der Waals surface area contributed by atoms with E-state index in [-0.39, 0.29) is 11.5 Å². The second-order valence-electron chi connectivity index (χ2n) is 7.61. The molecule has 1 aliphatic heterocycles. The average Bonchev–Trinajstić information content (AvgIpc) is 2.73. The van der Waals surface area contributed by atoms with Crippen molar-refractivity contribution in [1.82, 2.24) is 4.90 Å². The fourth-order valence-electron chi connectivity index (χ4n) is 3.60. The second kappa shape index (κ2) is 7.78. The number of nitriles is 1. The van der Waals surface area contributed by atoms with Gasteiger partial charge in [-0.1, -0.05) is 30.3 Å². The molecule has 0 unspecified atom stereocenters. The summed E-state index contributed by atoms with van der Waals surface area (Å²) in [5.41, 5.74) is -0.664. The van der Waals surface area contributed by atoms with Crippen molar-refractivity contribution in [2.24, 2.45) is 0 Å². The summed E-state index contributed by atoms with van der Waals surface area (Å²) in [7, 11) is 0. The molecule has 0 aliphatic carbocycles. The molecule has 0 bridgehead atoms. The van der Waals surface area contributed by atoms with E-state index in [0.717, 1.165) is 11.6 Å². The normalized spacial score (nSPS) is 15.2. The molecule has 29 heavy (non-hydrogen) atoms. The number of halogens is 3. The van der Waals surface area contributed by atoms with Crippen LogP contribution in [0, 0.1) is 11.3 Å². The number of anilines is 1. The molecule has 0 N–H and O–H groups in total. The number of amides is 1. The van der Waals surface area contributed by atoms with E-state index in [4.69, 9.17) is 5.26 Å². The molecule has 7 heteroatoms. The van der Waals surface area contributed by atoms with Crippen molar-refractivity contribution in [3.8, 4) is 6.07 Å². The van der Waals surface area contributed by atoms with Gasteiger partial charge in [-0.05, 0) is 37.6 Å². The minimum atomic E-state index is -4.58. The van der Waals surface area contributed by atoms with E-state index in [1.165, 1.54) is 12.1 Å². The van der Waals surface area contributed by atoms with Gasteiger partial charge in [0.05, 0.1) is 22.6 Å². The Morgan fingerprint density at radius 3 is 2.17 bits per heavy atom. The summed E-state index contributed by atoms with van der Waals surface area (Å²) in [5.74, 6) is -0.000779. The van der Waals surface area contributed by atoms with Gasteiger partial charge in [0.1, 0.15) is 0 Å². The van der Waals surface area contributed by atoms with Gasteiger partial charge in [-0.15, -0.1) is 0 Å². The minimum absolute atomic E-state index is 0.000779. The maximum Gasteiger partial charge on any atom is 0.417 e. The molecular weight excluding hydrogens is 379 g/mol. The first kappa shape index (κ1) is 20.7. The van der Waals surface area contributed by atoms with E-state index in [1.54, 1.807) is 11.0 Å². The van der Waals surface area contributed by atoms with Gasteiger partial charge in [-0.25, -0.2) is 0 Å². The molecule has 1 aliphatic rings. The van der Waals surface area contributed by atoms with E-state index < -0.39 is 17.2 Å². The zero-order chi connectivity index (χ0) is 21.2. The molecule has 0 spiro atoms. The Kier molecular flexibility index (Phi) is 5.56. The summed E-state index contributed by atoms with van der Waals surface area (Å²) >= 11 is 0. The van der Waals surface area contributed by atoms with E-state index >= 15 is 0 Å². The summed E-state index contributed by atoms with van der Waals surface area (Å²) in [6.45, 7) is 5.48. The third kappa shape index (κ3) is 4.21. The Hall–Kier alpha value is -3.01. The molecule has 152 valence electrons. The molecule has 0 atom stereocenters. The van der Waals surface area contributed by atoms with Crippen LogP contribution in [-0.4, -0.2) is 37.0 Å². The Labute approximate surface area is 168 Å². The molecule has 1 amide bonds. The van der Waals surface area contributed by atoms with Crippen LogP contribution in [-0.2, 0) is 16.4 Å². The van der Waals surface area contributed by atoms with Crippen LogP contribution in [0.15, 0.2) is 48.5 Å². The van der Waals surface area contributed by atoms with Crippen LogP contribution in [0.4, 0.5) is 18.9 Å². The molecule has 3 rings (SSSR count). The van der Waals surface area contributed by atoms with Crippen LogP contribution < -0.4 is 4.90 Å². The molecule has 0 radical (unpaired) electrons. The van der Waals surface area contributed by atoms with E-state index in [1.807, 2.05) is 49.1 Å². The number of nitrogens with zero attached hydrogens (tertiary/aromatic N) is 3. The number of rotatable bonds is 3. The number of piperazine rings is 1.